The van der Waals surface area contributed by atoms with Gasteiger partial charge < -0.3 is 20.0 Å². The molecule has 0 spiro atoms. The van der Waals surface area contributed by atoms with Crippen LogP contribution >= 0.6 is 0 Å². The van der Waals surface area contributed by atoms with Crippen LogP contribution in [-0.4, -0.2) is 74.9 Å². The Balaban J connectivity index is 0.000000540. The molecule has 0 bridgehead atoms. The van der Waals surface area contributed by atoms with Crippen LogP contribution in [0.4, 0.5) is 24.5 Å². The molecule has 192 valence electrons. The second kappa shape index (κ2) is 11.4. The van der Waals surface area contributed by atoms with Crippen molar-refractivity contribution in [2.75, 3.05) is 42.8 Å². The predicted octanol–water partition coefficient (Wildman–Crippen LogP) is 3.13. The van der Waals surface area contributed by atoms with Gasteiger partial charge in [0.1, 0.15) is 0 Å². The van der Waals surface area contributed by atoms with Crippen LogP contribution in [0.25, 0.3) is 0 Å². The molecule has 0 radical (unpaired) electrons. The zero-order valence-electron chi connectivity index (χ0n) is 19.0. The number of hydrogen-bond donors (Lipinski definition) is 3. The van der Waals surface area contributed by atoms with Crippen LogP contribution in [-0.2, 0) is 21.2 Å². The molecule has 0 aromatic heterocycles. The van der Waals surface area contributed by atoms with Gasteiger partial charge in [0.25, 0.3) is 10.0 Å². The first-order valence-corrected chi connectivity index (χ1v) is 12.0. The summed E-state index contributed by atoms with van der Waals surface area (Å²) in [5.41, 5.74) is 1.80. The molecule has 13 heteroatoms. The van der Waals surface area contributed by atoms with Crippen molar-refractivity contribution < 1.29 is 41.4 Å². The van der Waals surface area contributed by atoms with Gasteiger partial charge in [-0.15, -0.1) is 0 Å². The number of carbonyl (C=O) groups is 2. The lowest BCUT2D eigenvalue weighted by Crippen LogP contribution is -2.44. The monoisotopic (exact) mass is 517 g/mol. The van der Waals surface area contributed by atoms with Crippen molar-refractivity contribution >= 4 is 33.3 Å². The summed E-state index contributed by atoms with van der Waals surface area (Å²) in [5, 5.41) is 16.7. The number of carboxylic acid groups (broad SMARTS) is 2. The van der Waals surface area contributed by atoms with Crippen molar-refractivity contribution in [3.8, 4) is 0 Å². The second-order valence-corrected chi connectivity index (χ2v) is 9.41. The highest BCUT2D eigenvalue weighted by Crippen LogP contribution is 2.26. The average Bonchev–Trinajstić information content (AvgIpc) is 2.79. The minimum absolute atomic E-state index is 0.0601. The summed E-state index contributed by atoms with van der Waals surface area (Å²) in [6.45, 7) is 5.37. The first-order valence-electron chi connectivity index (χ1n) is 10.5. The number of benzene rings is 2. The quantitative estimate of drug-likeness (QED) is 0.534. The summed E-state index contributed by atoms with van der Waals surface area (Å²) in [5.74, 6) is -3.93. The van der Waals surface area contributed by atoms with Crippen molar-refractivity contribution in [1.29, 1.82) is 0 Å². The van der Waals surface area contributed by atoms with Gasteiger partial charge in [-0.3, -0.25) is 4.72 Å². The smallest absolute Gasteiger partial charge is 0.478 e. The minimum Gasteiger partial charge on any atom is -0.478 e. The Bertz CT molecular complexity index is 1150. The number of aryl methyl sites for hydroxylation is 1. The van der Waals surface area contributed by atoms with E-state index in [-0.39, 0.29) is 16.1 Å². The zero-order chi connectivity index (χ0) is 26.4. The second-order valence-electron chi connectivity index (χ2n) is 7.73. The van der Waals surface area contributed by atoms with Crippen molar-refractivity contribution in [3.05, 3.63) is 53.6 Å². The van der Waals surface area contributed by atoms with Gasteiger partial charge >= 0.3 is 18.1 Å². The molecular formula is C22H26F3N3O6S. The standard InChI is InChI=1S/C20H25N3O4S.C2HF3O2/c1-3-15-4-7-17(8-5-15)28(26,27)21-19-9-6-16(14-18(19)20(24)25)23-12-10-22(2)11-13-23;3-2(4,5)1(6)7/h4-9,14,21H,3,10-13H2,1-2H3,(H,24,25);(H,6,7). The topological polar surface area (TPSA) is 127 Å². The van der Waals surface area contributed by atoms with Crippen molar-refractivity contribution in [2.45, 2.75) is 24.4 Å². The van der Waals surface area contributed by atoms with E-state index in [0.717, 1.165) is 43.9 Å². The van der Waals surface area contributed by atoms with E-state index < -0.39 is 28.1 Å². The third kappa shape index (κ3) is 7.86. The highest BCUT2D eigenvalue weighted by Gasteiger charge is 2.38. The molecule has 1 heterocycles. The van der Waals surface area contributed by atoms with Gasteiger partial charge in [-0.25, -0.2) is 18.0 Å². The molecule has 0 aliphatic carbocycles. The van der Waals surface area contributed by atoms with Crippen LogP contribution in [0.15, 0.2) is 47.4 Å². The lowest BCUT2D eigenvalue weighted by atomic mass is 10.1. The van der Waals surface area contributed by atoms with Gasteiger partial charge in [0.05, 0.1) is 16.1 Å². The van der Waals surface area contributed by atoms with E-state index in [9.17, 15) is 31.5 Å². The van der Waals surface area contributed by atoms with Gasteiger partial charge in [-0.2, -0.15) is 13.2 Å². The molecule has 0 saturated carbocycles. The first-order chi connectivity index (χ1) is 16.2. The molecule has 2 aromatic rings. The van der Waals surface area contributed by atoms with Crippen LogP contribution in [0.5, 0.6) is 0 Å². The summed E-state index contributed by atoms with van der Waals surface area (Å²) in [6.07, 6.45) is -4.27. The lowest BCUT2D eigenvalue weighted by molar-refractivity contribution is -0.192. The van der Waals surface area contributed by atoms with Gasteiger partial charge in [0, 0.05) is 31.9 Å². The van der Waals surface area contributed by atoms with E-state index in [1.54, 1.807) is 18.2 Å². The molecule has 3 N–H and O–H groups in total. The largest absolute Gasteiger partial charge is 0.490 e. The van der Waals surface area contributed by atoms with Gasteiger partial charge in [-0.1, -0.05) is 19.1 Å². The van der Waals surface area contributed by atoms with Gasteiger partial charge in [-0.05, 0) is 49.4 Å². The molecular weight excluding hydrogens is 491 g/mol. The highest BCUT2D eigenvalue weighted by molar-refractivity contribution is 7.92. The summed E-state index contributed by atoms with van der Waals surface area (Å²) in [6, 6.07) is 11.4. The molecule has 9 nitrogen and oxygen atoms in total. The summed E-state index contributed by atoms with van der Waals surface area (Å²) in [7, 11) is -1.83. The highest BCUT2D eigenvalue weighted by atomic mass is 32.2. The van der Waals surface area contributed by atoms with Crippen LogP contribution < -0.4 is 9.62 Å². The minimum atomic E-state index is -5.08. The van der Waals surface area contributed by atoms with Crippen LogP contribution in [0, 0.1) is 0 Å². The third-order valence-electron chi connectivity index (χ3n) is 5.23. The van der Waals surface area contributed by atoms with Crippen LogP contribution in [0.2, 0.25) is 0 Å². The Labute approximate surface area is 200 Å². The Morgan fingerprint density at radius 1 is 1.00 bits per heavy atom. The van der Waals surface area contributed by atoms with Crippen molar-refractivity contribution in [3.63, 3.8) is 0 Å². The number of sulfonamides is 1. The van der Waals surface area contributed by atoms with E-state index in [1.165, 1.54) is 24.3 Å². The molecule has 1 aliphatic rings. The lowest BCUT2D eigenvalue weighted by Gasteiger charge is -2.34. The maximum Gasteiger partial charge on any atom is 0.490 e. The Morgan fingerprint density at radius 3 is 2.00 bits per heavy atom. The summed E-state index contributed by atoms with van der Waals surface area (Å²) >= 11 is 0. The predicted molar refractivity (Wildman–Crippen MR) is 123 cm³/mol. The number of rotatable bonds is 6. The Morgan fingerprint density at radius 2 is 1.54 bits per heavy atom. The Hall–Kier alpha value is -3.32. The number of halogens is 3. The number of likely N-dealkylation sites (N-methyl/N-ethyl adjacent to an activating group) is 1. The number of alkyl halides is 3. The summed E-state index contributed by atoms with van der Waals surface area (Å²) < 4.78 is 59.5. The number of carboxylic acids is 2. The molecule has 1 fully saturated rings. The zero-order valence-corrected chi connectivity index (χ0v) is 19.9. The van der Waals surface area contributed by atoms with Crippen LogP contribution in [0.1, 0.15) is 22.8 Å². The number of hydrogen-bond acceptors (Lipinski definition) is 6. The molecule has 2 aromatic carbocycles. The van der Waals surface area contributed by atoms with Crippen LogP contribution in [0.3, 0.4) is 0 Å². The Kier molecular flexibility index (Phi) is 9.10. The molecule has 1 saturated heterocycles. The number of anilines is 2. The fraction of sp³-hybridized carbons (Fsp3) is 0.364. The first kappa shape index (κ1) is 27.9. The molecule has 0 amide bonds. The van der Waals surface area contributed by atoms with Gasteiger partial charge in [0.15, 0.2) is 0 Å². The van der Waals surface area contributed by atoms with Gasteiger partial charge in [0.2, 0.25) is 0 Å². The number of piperazine rings is 1. The van der Waals surface area contributed by atoms with E-state index >= 15 is 0 Å². The van der Waals surface area contributed by atoms with E-state index in [1.807, 2.05) is 14.0 Å². The number of aliphatic carboxylic acids is 1. The normalized spacial score (nSPS) is 14.6. The van der Waals surface area contributed by atoms with E-state index in [4.69, 9.17) is 9.90 Å². The maximum absolute atomic E-state index is 12.7. The number of nitrogens with zero attached hydrogens (tertiary/aromatic N) is 2. The molecule has 1 aliphatic heterocycles. The van der Waals surface area contributed by atoms with Crippen molar-refractivity contribution in [1.82, 2.24) is 4.90 Å². The van der Waals surface area contributed by atoms with E-state index in [0.29, 0.717) is 0 Å². The maximum atomic E-state index is 12.7. The van der Waals surface area contributed by atoms with E-state index in [2.05, 4.69) is 14.5 Å². The average molecular weight is 518 g/mol. The number of aromatic carboxylic acids is 1. The fourth-order valence-corrected chi connectivity index (χ4v) is 4.25. The molecule has 0 unspecified atom stereocenters. The third-order valence-corrected chi connectivity index (χ3v) is 6.61. The molecule has 0 atom stereocenters. The molecule has 3 rings (SSSR count). The fourth-order valence-electron chi connectivity index (χ4n) is 3.17. The summed E-state index contributed by atoms with van der Waals surface area (Å²) in [4.78, 5) is 25.1. The number of nitrogens with one attached hydrogen (secondary N) is 1. The SMILES string of the molecule is CCc1ccc(S(=O)(=O)Nc2ccc(N3CCN(C)CC3)cc2C(=O)O)cc1.O=C(O)C(F)(F)F. The van der Waals surface area contributed by atoms with Crippen molar-refractivity contribution in [2.24, 2.45) is 0 Å². The molecule has 35 heavy (non-hydrogen) atoms.